The summed E-state index contributed by atoms with van der Waals surface area (Å²) in [5.41, 5.74) is 10.7. The van der Waals surface area contributed by atoms with Crippen molar-refractivity contribution < 1.29 is 39.0 Å². The molecule has 15 heteroatoms. The predicted molar refractivity (Wildman–Crippen MR) is 119 cm³/mol. The lowest BCUT2D eigenvalue weighted by atomic mass is 10.1. The Hall–Kier alpha value is -2.52. The van der Waals surface area contributed by atoms with Gasteiger partial charge in [-0.1, -0.05) is 0 Å². The topological polar surface area (TPSA) is 231 Å². The van der Waals surface area contributed by atoms with Crippen molar-refractivity contribution in [3.8, 4) is 0 Å². The number of rotatable bonds is 16. The summed E-state index contributed by atoms with van der Waals surface area (Å²) >= 11 is 5.38. The highest BCUT2D eigenvalue weighted by molar-refractivity contribution is 7.98. The van der Waals surface area contributed by atoms with E-state index in [0.29, 0.717) is 5.75 Å². The van der Waals surface area contributed by atoms with Crippen LogP contribution in [0.5, 0.6) is 0 Å². The Balaban J connectivity index is 5.20. The average Bonchev–Trinajstić information content (AvgIpc) is 2.71. The summed E-state index contributed by atoms with van der Waals surface area (Å²) in [4.78, 5) is 70.3. The van der Waals surface area contributed by atoms with E-state index in [1.165, 1.54) is 11.8 Å². The number of nitrogens with two attached hydrogens (primary N) is 2. The maximum absolute atomic E-state index is 12.6. The number of hydrogen-bond donors (Lipinski definition) is 8. The van der Waals surface area contributed by atoms with Crippen molar-refractivity contribution in [2.45, 2.75) is 49.9 Å². The molecule has 0 aliphatic carbocycles. The van der Waals surface area contributed by atoms with Gasteiger partial charge in [-0.15, -0.1) is 0 Å². The number of carboxylic acid groups (broad SMARTS) is 2. The van der Waals surface area contributed by atoms with Gasteiger partial charge in [0, 0.05) is 12.2 Å². The van der Waals surface area contributed by atoms with E-state index in [4.69, 9.17) is 16.6 Å². The Morgan fingerprint density at radius 2 is 1.44 bits per heavy atom. The predicted octanol–water partition coefficient (Wildman–Crippen LogP) is -2.72. The van der Waals surface area contributed by atoms with Gasteiger partial charge in [-0.3, -0.25) is 24.0 Å². The summed E-state index contributed by atoms with van der Waals surface area (Å²) in [6, 6.07) is -5.19. The van der Waals surface area contributed by atoms with Gasteiger partial charge >= 0.3 is 11.9 Å². The van der Waals surface area contributed by atoms with E-state index in [9.17, 15) is 33.9 Å². The van der Waals surface area contributed by atoms with Crippen molar-refractivity contribution in [3.05, 3.63) is 0 Å². The van der Waals surface area contributed by atoms with Crippen LogP contribution in [0.1, 0.15) is 25.7 Å². The molecule has 0 radical (unpaired) electrons. The highest BCUT2D eigenvalue weighted by Crippen LogP contribution is 2.03. The lowest BCUT2D eigenvalue weighted by molar-refractivity contribution is -0.142. The summed E-state index contributed by atoms with van der Waals surface area (Å²) in [6.45, 7) is 0. The molecule has 0 aromatic rings. The average molecular weight is 496 g/mol. The van der Waals surface area contributed by atoms with Crippen molar-refractivity contribution in [1.29, 1.82) is 0 Å². The van der Waals surface area contributed by atoms with Crippen LogP contribution in [0.25, 0.3) is 0 Å². The minimum atomic E-state index is -1.49. The fraction of sp³-hybridized carbons (Fsp3) is 0.647. The Morgan fingerprint density at radius 3 is 1.91 bits per heavy atom. The number of thioether (sulfide) groups is 1. The van der Waals surface area contributed by atoms with Gasteiger partial charge < -0.3 is 37.6 Å². The zero-order chi connectivity index (χ0) is 24.8. The molecule has 32 heavy (non-hydrogen) atoms. The summed E-state index contributed by atoms with van der Waals surface area (Å²) in [5, 5.41) is 24.7. The molecule has 0 saturated carbocycles. The Labute approximate surface area is 194 Å². The first kappa shape index (κ1) is 29.5. The molecule has 182 valence electrons. The first-order valence-corrected chi connectivity index (χ1v) is 11.4. The second-order valence-electron chi connectivity index (χ2n) is 6.70. The molecule has 4 unspecified atom stereocenters. The third kappa shape index (κ3) is 11.8. The molecule has 4 amide bonds. The largest absolute Gasteiger partial charge is 0.481 e. The van der Waals surface area contributed by atoms with Gasteiger partial charge in [0.15, 0.2) is 0 Å². The van der Waals surface area contributed by atoms with E-state index in [1.54, 1.807) is 6.26 Å². The summed E-state index contributed by atoms with van der Waals surface area (Å²) < 4.78 is 0. The lowest BCUT2D eigenvalue weighted by Crippen LogP contribution is -2.58. The lowest BCUT2D eigenvalue weighted by Gasteiger charge is -2.24. The van der Waals surface area contributed by atoms with Crippen LogP contribution in [0, 0.1) is 0 Å². The van der Waals surface area contributed by atoms with Gasteiger partial charge in [-0.2, -0.15) is 24.4 Å². The molecule has 4 atom stereocenters. The first-order valence-electron chi connectivity index (χ1n) is 9.42. The minimum absolute atomic E-state index is 0.157. The molecular weight excluding hydrogens is 466 g/mol. The van der Waals surface area contributed by atoms with Crippen LogP contribution in [0.4, 0.5) is 0 Å². The highest BCUT2D eigenvalue weighted by Gasteiger charge is 2.30. The van der Waals surface area contributed by atoms with Crippen molar-refractivity contribution in [2.75, 3.05) is 17.8 Å². The quantitative estimate of drug-likeness (QED) is 0.103. The van der Waals surface area contributed by atoms with Gasteiger partial charge in [-0.05, 0) is 24.9 Å². The molecule has 0 fully saturated rings. The third-order valence-electron chi connectivity index (χ3n) is 4.09. The van der Waals surface area contributed by atoms with E-state index in [2.05, 4.69) is 28.6 Å². The maximum Gasteiger partial charge on any atom is 0.326 e. The Morgan fingerprint density at radius 1 is 0.906 bits per heavy atom. The summed E-state index contributed by atoms with van der Waals surface area (Å²) in [7, 11) is 0. The SMILES string of the molecule is CSCCC(NC(=O)C(CS)NC(=O)C(CC(N)=O)NC(=O)C(N)CCC(=O)O)C(=O)O. The zero-order valence-electron chi connectivity index (χ0n) is 17.4. The number of aliphatic carboxylic acids is 2. The molecule has 0 aromatic carbocycles. The number of carbonyl (C=O) groups is 6. The number of carbonyl (C=O) groups excluding carboxylic acids is 4. The van der Waals surface area contributed by atoms with Crippen LogP contribution in [0.2, 0.25) is 0 Å². The van der Waals surface area contributed by atoms with Crippen LogP contribution in [0.3, 0.4) is 0 Å². The summed E-state index contributed by atoms with van der Waals surface area (Å²) in [5.74, 6) is -5.73. The molecule has 9 N–H and O–H groups in total. The molecule has 0 heterocycles. The monoisotopic (exact) mass is 495 g/mol. The molecule has 0 rings (SSSR count). The van der Waals surface area contributed by atoms with Gasteiger partial charge in [0.05, 0.1) is 12.5 Å². The van der Waals surface area contributed by atoms with Crippen LogP contribution < -0.4 is 27.4 Å². The third-order valence-corrected chi connectivity index (χ3v) is 5.09. The smallest absolute Gasteiger partial charge is 0.326 e. The van der Waals surface area contributed by atoms with Crippen molar-refractivity contribution in [3.63, 3.8) is 0 Å². The molecule has 0 spiro atoms. The zero-order valence-corrected chi connectivity index (χ0v) is 19.1. The number of carboxylic acids is 2. The maximum atomic E-state index is 12.6. The van der Waals surface area contributed by atoms with Gasteiger partial charge in [-0.25, -0.2) is 4.79 Å². The second kappa shape index (κ2) is 15.3. The fourth-order valence-corrected chi connectivity index (χ4v) is 3.06. The van der Waals surface area contributed by atoms with Crippen LogP contribution in [-0.4, -0.2) is 87.7 Å². The Bertz CT molecular complexity index is 708. The highest BCUT2D eigenvalue weighted by atomic mass is 32.2. The minimum Gasteiger partial charge on any atom is -0.481 e. The number of hydrogen-bond acceptors (Lipinski definition) is 9. The van der Waals surface area contributed by atoms with Gasteiger partial charge in [0.2, 0.25) is 23.6 Å². The molecule has 0 aliphatic rings. The number of thiol groups is 1. The standard InChI is InChI=1S/C17H29N5O8S2/c1-32-5-4-9(17(29)30)20-16(28)11(7-31)22-15(27)10(6-12(19)23)21-14(26)8(18)2-3-13(24)25/h8-11,31H,2-7,18H2,1H3,(H2,19,23)(H,20,28)(H,21,26)(H,22,27)(H,24,25)(H,29,30). The van der Waals surface area contributed by atoms with E-state index >= 15 is 0 Å². The van der Waals surface area contributed by atoms with Crippen molar-refractivity contribution in [1.82, 2.24) is 16.0 Å². The van der Waals surface area contributed by atoms with Gasteiger partial charge in [0.25, 0.3) is 0 Å². The second-order valence-corrected chi connectivity index (χ2v) is 8.05. The van der Waals surface area contributed by atoms with E-state index in [-0.39, 0.29) is 25.0 Å². The molecule has 0 saturated heterocycles. The van der Waals surface area contributed by atoms with Crippen molar-refractivity contribution >= 4 is 60.0 Å². The normalized spacial score (nSPS) is 14.3. The van der Waals surface area contributed by atoms with Crippen LogP contribution in [-0.2, 0) is 28.8 Å². The fourth-order valence-electron chi connectivity index (χ4n) is 2.33. The van der Waals surface area contributed by atoms with Crippen molar-refractivity contribution in [2.24, 2.45) is 11.5 Å². The van der Waals surface area contributed by atoms with Crippen LogP contribution >= 0.6 is 24.4 Å². The first-order chi connectivity index (χ1) is 14.9. The van der Waals surface area contributed by atoms with E-state index in [0.717, 1.165) is 0 Å². The summed E-state index contributed by atoms with van der Waals surface area (Å²) in [6.07, 6.45) is 0.725. The molecular formula is C17H29N5O8S2. The number of primary amides is 1. The molecule has 13 nitrogen and oxygen atoms in total. The van der Waals surface area contributed by atoms with E-state index in [1.807, 2.05) is 0 Å². The molecule has 0 bridgehead atoms. The number of amides is 4. The van der Waals surface area contributed by atoms with E-state index < -0.39 is 66.2 Å². The van der Waals surface area contributed by atoms with Crippen LogP contribution in [0.15, 0.2) is 0 Å². The molecule has 0 aromatic heterocycles. The number of nitrogens with one attached hydrogen (secondary N) is 3. The van der Waals surface area contributed by atoms with Gasteiger partial charge in [0.1, 0.15) is 18.1 Å². The Kier molecular flexibility index (Phi) is 14.1. The molecule has 0 aliphatic heterocycles.